The molecule has 0 saturated carbocycles. The number of fused-ring (bicyclic) bond motifs is 2. The van der Waals surface area contributed by atoms with Crippen molar-refractivity contribution < 1.29 is 4.79 Å². The zero-order valence-corrected chi connectivity index (χ0v) is 16.1. The maximum atomic E-state index is 13.0. The molecule has 128 valence electrons. The first-order chi connectivity index (χ1) is 12.1. The van der Waals surface area contributed by atoms with Crippen LogP contribution in [-0.4, -0.2) is 27.7 Å². The second-order valence-electron chi connectivity index (χ2n) is 6.27. The van der Waals surface area contributed by atoms with E-state index < -0.39 is 0 Å². The highest BCUT2D eigenvalue weighted by Gasteiger charge is 2.29. The highest BCUT2D eigenvalue weighted by atomic mass is 32.2. The van der Waals surface area contributed by atoms with E-state index >= 15 is 0 Å². The normalized spacial score (nSPS) is 14.8. The monoisotopic (exact) mass is 369 g/mol. The molecule has 0 fully saturated rings. The largest absolute Gasteiger partial charge is 0.311 e. The van der Waals surface area contributed by atoms with Crippen LogP contribution >= 0.6 is 23.1 Å². The minimum atomic E-state index is -0.191. The maximum absolute atomic E-state index is 13.0. The van der Waals surface area contributed by atoms with Gasteiger partial charge in [0.2, 0.25) is 5.91 Å². The fraction of sp³-hybridized carbons (Fsp3) is 0.316. The van der Waals surface area contributed by atoms with Crippen LogP contribution in [0, 0.1) is 13.8 Å². The van der Waals surface area contributed by atoms with Crippen LogP contribution in [0.5, 0.6) is 0 Å². The average molecular weight is 370 g/mol. The zero-order valence-electron chi connectivity index (χ0n) is 14.4. The molecule has 3 aromatic rings. The standard InChI is InChI=1S/C19H19N3OS2/c1-11-12(2)24-17-16(11)18(21-10-20-17)25-13(3)19(23)22-9-8-14-6-4-5-7-15(14)22/h4-7,10,13H,8-9H2,1-3H3/t13-/m1/s1. The number of hydrogen-bond acceptors (Lipinski definition) is 5. The Kier molecular flexibility index (Phi) is 4.25. The minimum absolute atomic E-state index is 0.145. The molecule has 0 N–H and O–H groups in total. The molecule has 25 heavy (non-hydrogen) atoms. The molecule has 0 radical (unpaired) electrons. The lowest BCUT2D eigenvalue weighted by atomic mass is 10.2. The molecule has 4 nitrogen and oxygen atoms in total. The van der Waals surface area contributed by atoms with Crippen molar-refractivity contribution in [2.24, 2.45) is 0 Å². The Bertz CT molecular complexity index is 966. The Balaban J connectivity index is 1.61. The van der Waals surface area contributed by atoms with Crippen molar-refractivity contribution in [3.63, 3.8) is 0 Å². The lowest BCUT2D eigenvalue weighted by Crippen LogP contribution is -2.35. The van der Waals surface area contributed by atoms with Crippen molar-refractivity contribution in [1.82, 2.24) is 9.97 Å². The van der Waals surface area contributed by atoms with E-state index in [2.05, 4.69) is 29.9 Å². The van der Waals surface area contributed by atoms with Crippen LogP contribution in [0.2, 0.25) is 0 Å². The van der Waals surface area contributed by atoms with Gasteiger partial charge >= 0.3 is 0 Å². The lowest BCUT2D eigenvalue weighted by molar-refractivity contribution is -0.117. The molecule has 1 aromatic carbocycles. The van der Waals surface area contributed by atoms with Gasteiger partial charge in [-0.15, -0.1) is 11.3 Å². The van der Waals surface area contributed by atoms with Crippen molar-refractivity contribution in [1.29, 1.82) is 0 Å². The van der Waals surface area contributed by atoms with Crippen molar-refractivity contribution >= 4 is 44.9 Å². The third kappa shape index (κ3) is 2.83. The van der Waals surface area contributed by atoms with Gasteiger partial charge < -0.3 is 4.90 Å². The third-order valence-corrected chi connectivity index (χ3v) is 6.92. The molecule has 2 aromatic heterocycles. The molecular formula is C19H19N3OS2. The number of thiophene rings is 1. The van der Waals surface area contributed by atoms with E-state index in [9.17, 15) is 4.79 Å². The number of hydrogen-bond donors (Lipinski definition) is 0. The molecule has 0 bridgehead atoms. The van der Waals surface area contributed by atoms with Gasteiger partial charge in [0.1, 0.15) is 16.2 Å². The fourth-order valence-electron chi connectivity index (χ4n) is 3.24. The smallest absolute Gasteiger partial charge is 0.240 e. The number of thioether (sulfide) groups is 1. The molecule has 0 unspecified atom stereocenters. The molecule has 1 aliphatic heterocycles. The first-order valence-electron chi connectivity index (χ1n) is 8.33. The predicted molar refractivity (Wildman–Crippen MR) is 105 cm³/mol. The number of anilines is 1. The van der Waals surface area contributed by atoms with Crippen LogP contribution in [0.15, 0.2) is 35.6 Å². The number of aromatic nitrogens is 2. The molecule has 3 heterocycles. The first-order valence-corrected chi connectivity index (χ1v) is 10.0. The maximum Gasteiger partial charge on any atom is 0.240 e. The van der Waals surface area contributed by atoms with Crippen molar-refractivity contribution in [2.75, 3.05) is 11.4 Å². The summed E-state index contributed by atoms with van der Waals surface area (Å²) in [5.74, 6) is 0.145. The van der Waals surface area contributed by atoms with Gasteiger partial charge in [-0.25, -0.2) is 9.97 Å². The van der Waals surface area contributed by atoms with Gasteiger partial charge in [-0.3, -0.25) is 4.79 Å². The number of benzene rings is 1. The van der Waals surface area contributed by atoms with Gasteiger partial charge in [0.05, 0.1) is 5.25 Å². The molecule has 1 amide bonds. The Morgan fingerprint density at radius 2 is 2.08 bits per heavy atom. The summed E-state index contributed by atoms with van der Waals surface area (Å²) >= 11 is 3.22. The molecule has 0 spiro atoms. The van der Waals surface area contributed by atoms with E-state index in [-0.39, 0.29) is 11.2 Å². The van der Waals surface area contributed by atoms with E-state index in [1.54, 1.807) is 17.7 Å². The Morgan fingerprint density at radius 3 is 2.92 bits per heavy atom. The van der Waals surface area contributed by atoms with Gasteiger partial charge in [0.15, 0.2) is 0 Å². The van der Waals surface area contributed by atoms with Crippen LogP contribution in [0.4, 0.5) is 5.69 Å². The van der Waals surface area contributed by atoms with Gasteiger partial charge in [-0.05, 0) is 44.4 Å². The molecule has 1 aliphatic rings. The van der Waals surface area contributed by atoms with Crippen molar-refractivity contribution in [2.45, 2.75) is 37.5 Å². The quantitative estimate of drug-likeness (QED) is 0.508. The van der Waals surface area contributed by atoms with Gasteiger partial charge in [-0.2, -0.15) is 0 Å². The molecular weight excluding hydrogens is 350 g/mol. The summed E-state index contributed by atoms with van der Waals surface area (Å²) in [7, 11) is 0. The average Bonchev–Trinajstić information content (AvgIpc) is 3.16. The van der Waals surface area contributed by atoms with E-state index in [1.807, 2.05) is 30.0 Å². The van der Waals surface area contributed by atoms with Crippen LogP contribution in [-0.2, 0) is 11.2 Å². The summed E-state index contributed by atoms with van der Waals surface area (Å²) < 4.78 is 0. The zero-order chi connectivity index (χ0) is 17.6. The molecule has 4 rings (SSSR count). The summed E-state index contributed by atoms with van der Waals surface area (Å²) in [6, 6.07) is 8.16. The van der Waals surface area contributed by atoms with Gasteiger partial charge in [-0.1, -0.05) is 30.0 Å². The summed E-state index contributed by atoms with van der Waals surface area (Å²) in [4.78, 5) is 26.0. The van der Waals surface area contributed by atoms with Crippen molar-refractivity contribution in [3.8, 4) is 0 Å². The Labute approximate surface area is 155 Å². The van der Waals surface area contributed by atoms with Gasteiger partial charge in [0.25, 0.3) is 0 Å². The number of rotatable bonds is 3. The molecule has 6 heteroatoms. The van der Waals surface area contributed by atoms with Crippen LogP contribution in [0.3, 0.4) is 0 Å². The molecule has 0 aliphatic carbocycles. The summed E-state index contributed by atoms with van der Waals surface area (Å²) in [6.07, 6.45) is 2.53. The number of amides is 1. The van der Waals surface area contributed by atoms with Gasteiger partial charge in [0, 0.05) is 22.5 Å². The molecule has 1 atom stereocenters. The molecule has 0 saturated heterocycles. The highest BCUT2D eigenvalue weighted by Crippen LogP contribution is 2.37. The number of nitrogens with zero attached hydrogens (tertiary/aromatic N) is 3. The fourth-order valence-corrected chi connectivity index (χ4v) is 5.34. The van der Waals surface area contributed by atoms with E-state index in [1.165, 1.54) is 27.8 Å². The first kappa shape index (κ1) is 16.5. The number of para-hydroxylation sites is 1. The Hall–Kier alpha value is -1.92. The van der Waals surface area contributed by atoms with E-state index in [0.717, 1.165) is 33.9 Å². The minimum Gasteiger partial charge on any atom is -0.311 e. The topological polar surface area (TPSA) is 46.1 Å². The lowest BCUT2D eigenvalue weighted by Gasteiger charge is -2.21. The van der Waals surface area contributed by atoms with Crippen LogP contribution in [0.1, 0.15) is 22.9 Å². The highest BCUT2D eigenvalue weighted by molar-refractivity contribution is 8.00. The van der Waals surface area contributed by atoms with Crippen LogP contribution in [0.25, 0.3) is 10.2 Å². The Morgan fingerprint density at radius 1 is 1.28 bits per heavy atom. The summed E-state index contributed by atoms with van der Waals surface area (Å²) in [6.45, 7) is 6.94. The van der Waals surface area contributed by atoms with Crippen LogP contribution < -0.4 is 4.90 Å². The third-order valence-electron chi connectivity index (χ3n) is 4.72. The van der Waals surface area contributed by atoms with E-state index in [0.29, 0.717) is 0 Å². The second-order valence-corrected chi connectivity index (χ2v) is 8.80. The van der Waals surface area contributed by atoms with Crippen molar-refractivity contribution in [3.05, 3.63) is 46.6 Å². The number of aryl methyl sites for hydroxylation is 2. The number of carbonyl (C=O) groups is 1. The predicted octanol–water partition coefficient (Wildman–Crippen LogP) is 4.38. The SMILES string of the molecule is Cc1sc2ncnc(S[C@H](C)C(=O)N3CCc4ccccc43)c2c1C. The number of carbonyl (C=O) groups excluding carboxylic acids is 1. The summed E-state index contributed by atoms with van der Waals surface area (Å²) in [5, 5.41) is 1.81. The van der Waals surface area contributed by atoms with E-state index in [4.69, 9.17) is 0 Å². The summed E-state index contributed by atoms with van der Waals surface area (Å²) in [5.41, 5.74) is 3.52. The second kappa shape index (κ2) is 6.42.